The van der Waals surface area contributed by atoms with Crippen LogP contribution in [0.5, 0.6) is 0 Å². The van der Waals surface area contributed by atoms with E-state index in [2.05, 4.69) is 20.8 Å². The monoisotopic (exact) mass is 198 g/mol. The molecule has 0 saturated heterocycles. The van der Waals surface area contributed by atoms with Gasteiger partial charge in [-0.05, 0) is 43.4 Å². The van der Waals surface area contributed by atoms with Gasteiger partial charge in [-0.25, -0.2) is 0 Å². The Morgan fingerprint density at radius 1 is 1.21 bits per heavy atom. The second-order valence-corrected chi connectivity index (χ2v) is 5.61. The van der Waals surface area contributed by atoms with Crippen LogP contribution in [0.3, 0.4) is 0 Å². The van der Waals surface area contributed by atoms with Gasteiger partial charge < -0.3 is 9.84 Å². The van der Waals surface area contributed by atoms with E-state index in [1.165, 1.54) is 19.3 Å². The Balaban J connectivity index is 2.16. The minimum absolute atomic E-state index is 0.00134. The zero-order chi connectivity index (χ0) is 10.4. The average Bonchev–Trinajstić information content (AvgIpc) is 2.67. The molecule has 3 unspecified atom stereocenters. The Hall–Kier alpha value is -0.0800. The van der Waals surface area contributed by atoms with Crippen LogP contribution in [0.2, 0.25) is 0 Å². The molecule has 0 aliphatic heterocycles. The molecule has 0 heterocycles. The molecule has 2 heteroatoms. The minimum Gasteiger partial charge on any atom is -0.394 e. The van der Waals surface area contributed by atoms with Gasteiger partial charge in [0.1, 0.15) is 0 Å². The van der Waals surface area contributed by atoms with Crippen LogP contribution in [0.1, 0.15) is 40.0 Å². The van der Waals surface area contributed by atoms with Gasteiger partial charge in [-0.15, -0.1) is 0 Å². The van der Waals surface area contributed by atoms with E-state index < -0.39 is 0 Å². The zero-order valence-electron chi connectivity index (χ0n) is 9.55. The van der Waals surface area contributed by atoms with Crippen molar-refractivity contribution in [2.75, 3.05) is 13.2 Å². The van der Waals surface area contributed by atoms with Gasteiger partial charge in [-0.2, -0.15) is 0 Å². The van der Waals surface area contributed by atoms with Crippen molar-refractivity contribution >= 4 is 0 Å². The number of aliphatic hydroxyl groups is 1. The van der Waals surface area contributed by atoms with Gasteiger partial charge in [0.25, 0.3) is 0 Å². The predicted octanol–water partition coefficient (Wildman–Crippen LogP) is 2.21. The normalized spacial score (nSPS) is 44.6. The molecule has 0 aromatic rings. The molecule has 0 radical (unpaired) electrons. The largest absolute Gasteiger partial charge is 0.394 e. The maximum absolute atomic E-state index is 8.86. The lowest BCUT2D eigenvalue weighted by atomic mass is 9.66. The summed E-state index contributed by atoms with van der Waals surface area (Å²) >= 11 is 0. The molecule has 82 valence electrons. The van der Waals surface area contributed by atoms with Crippen LogP contribution >= 0.6 is 0 Å². The van der Waals surface area contributed by atoms with Crippen LogP contribution in [-0.2, 0) is 4.74 Å². The predicted molar refractivity (Wildman–Crippen MR) is 56.1 cm³/mol. The van der Waals surface area contributed by atoms with E-state index in [9.17, 15) is 0 Å². The maximum atomic E-state index is 8.86. The lowest BCUT2D eigenvalue weighted by Gasteiger charge is -2.47. The molecule has 2 rings (SSSR count). The van der Waals surface area contributed by atoms with E-state index in [1.807, 2.05) is 0 Å². The Bertz CT molecular complexity index is 224. The third-order valence-corrected chi connectivity index (χ3v) is 5.00. The van der Waals surface area contributed by atoms with Crippen LogP contribution in [-0.4, -0.2) is 23.9 Å². The minimum atomic E-state index is -0.00134. The summed E-state index contributed by atoms with van der Waals surface area (Å²) in [5, 5.41) is 8.86. The summed E-state index contributed by atoms with van der Waals surface area (Å²) in [6, 6.07) is 0. The molecule has 2 nitrogen and oxygen atoms in total. The van der Waals surface area contributed by atoms with Crippen LogP contribution in [0.15, 0.2) is 0 Å². The summed E-state index contributed by atoms with van der Waals surface area (Å²) in [6.07, 6.45) is 4.01. The molecule has 2 aliphatic carbocycles. The van der Waals surface area contributed by atoms with E-state index in [-0.39, 0.29) is 17.6 Å². The SMILES string of the molecule is CC1(C)C2CCC(C2)C1(C)OCCO. The molecule has 2 saturated carbocycles. The second kappa shape index (κ2) is 3.21. The van der Waals surface area contributed by atoms with E-state index in [1.54, 1.807) is 0 Å². The van der Waals surface area contributed by atoms with Crippen LogP contribution in [0.4, 0.5) is 0 Å². The van der Waals surface area contributed by atoms with Crippen molar-refractivity contribution in [3.8, 4) is 0 Å². The molecule has 0 spiro atoms. The number of hydrogen-bond acceptors (Lipinski definition) is 2. The standard InChI is InChI=1S/C12H22O2/c1-11(2)9-4-5-10(8-9)12(11,3)14-7-6-13/h9-10,13H,4-8H2,1-3H3. The highest BCUT2D eigenvalue weighted by atomic mass is 16.5. The Labute approximate surface area is 86.6 Å². The molecule has 14 heavy (non-hydrogen) atoms. The molecule has 0 aromatic carbocycles. The summed E-state index contributed by atoms with van der Waals surface area (Å²) in [5.74, 6) is 1.55. The van der Waals surface area contributed by atoms with E-state index in [0.717, 1.165) is 5.92 Å². The molecule has 3 atom stereocenters. The number of fused-ring (bicyclic) bond motifs is 2. The number of hydrogen-bond donors (Lipinski definition) is 1. The first-order chi connectivity index (χ1) is 6.52. The highest BCUT2D eigenvalue weighted by molar-refractivity contribution is 5.10. The number of ether oxygens (including phenoxy) is 1. The van der Waals surface area contributed by atoms with Crippen molar-refractivity contribution in [3.63, 3.8) is 0 Å². The summed E-state index contributed by atoms with van der Waals surface area (Å²) in [7, 11) is 0. The molecule has 2 aliphatic rings. The van der Waals surface area contributed by atoms with Gasteiger partial charge in [0.15, 0.2) is 0 Å². The summed E-state index contributed by atoms with van der Waals surface area (Å²) in [5.41, 5.74) is 0.281. The van der Waals surface area contributed by atoms with Crippen molar-refractivity contribution in [1.82, 2.24) is 0 Å². The van der Waals surface area contributed by atoms with Gasteiger partial charge in [-0.3, -0.25) is 0 Å². The van der Waals surface area contributed by atoms with Crippen LogP contribution in [0.25, 0.3) is 0 Å². The van der Waals surface area contributed by atoms with E-state index >= 15 is 0 Å². The van der Waals surface area contributed by atoms with Crippen molar-refractivity contribution in [3.05, 3.63) is 0 Å². The Morgan fingerprint density at radius 3 is 2.36 bits per heavy atom. The van der Waals surface area contributed by atoms with Crippen LogP contribution < -0.4 is 0 Å². The topological polar surface area (TPSA) is 29.5 Å². The van der Waals surface area contributed by atoms with Crippen LogP contribution in [0, 0.1) is 17.3 Å². The quantitative estimate of drug-likeness (QED) is 0.753. The molecule has 1 N–H and O–H groups in total. The third-order valence-electron chi connectivity index (χ3n) is 5.00. The molecule has 2 bridgehead atoms. The fourth-order valence-electron chi connectivity index (χ4n) is 3.63. The van der Waals surface area contributed by atoms with E-state index in [4.69, 9.17) is 9.84 Å². The Kier molecular flexibility index (Phi) is 2.39. The molecule has 0 amide bonds. The smallest absolute Gasteiger partial charge is 0.0737 e. The fourth-order valence-corrected chi connectivity index (χ4v) is 3.63. The second-order valence-electron chi connectivity index (χ2n) is 5.61. The fraction of sp³-hybridized carbons (Fsp3) is 1.00. The molecule has 2 fully saturated rings. The Morgan fingerprint density at radius 2 is 1.86 bits per heavy atom. The first-order valence-corrected chi connectivity index (χ1v) is 5.77. The van der Waals surface area contributed by atoms with Gasteiger partial charge in [0.2, 0.25) is 0 Å². The summed E-state index contributed by atoms with van der Waals surface area (Å²) in [6.45, 7) is 7.53. The van der Waals surface area contributed by atoms with Crippen molar-refractivity contribution in [2.45, 2.75) is 45.6 Å². The summed E-state index contributed by atoms with van der Waals surface area (Å²) in [4.78, 5) is 0. The zero-order valence-corrected chi connectivity index (χ0v) is 9.55. The van der Waals surface area contributed by atoms with Gasteiger partial charge in [0, 0.05) is 0 Å². The average molecular weight is 198 g/mol. The first kappa shape index (κ1) is 10.4. The number of aliphatic hydroxyl groups excluding tert-OH is 1. The highest BCUT2D eigenvalue weighted by Crippen LogP contribution is 2.62. The maximum Gasteiger partial charge on any atom is 0.0737 e. The van der Waals surface area contributed by atoms with Gasteiger partial charge in [-0.1, -0.05) is 13.8 Å². The number of rotatable bonds is 3. The molecular weight excluding hydrogens is 176 g/mol. The third kappa shape index (κ3) is 1.17. The van der Waals surface area contributed by atoms with Crippen molar-refractivity contribution in [2.24, 2.45) is 17.3 Å². The van der Waals surface area contributed by atoms with Crippen molar-refractivity contribution < 1.29 is 9.84 Å². The highest BCUT2D eigenvalue weighted by Gasteiger charge is 2.61. The lowest BCUT2D eigenvalue weighted by Crippen LogP contribution is -2.49. The molecular formula is C12H22O2. The van der Waals surface area contributed by atoms with Crippen molar-refractivity contribution in [1.29, 1.82) is 0 Å². The first-order valence-electron chi connectivity index (χ1n) is 5.77. The lowest BCUT2D eigenvalue weighted by molar-refractivity contribution is -0.147. The van der Waals surface area contributed by atoms with Gasteiger partial charge >= 0.3 is 0 Å². The van der Waals surface area contributed by atoms with E-state index in [0.29, 0.717) is 12.5 Å². The summed E-state index contributed by atoms with van der Waals surface area (Å²) < 4.78 is 5.94. The molecule has 0 aromatic heterocycles. The van der Waals surface area contributed by atoms with Gasteiger partial charge in [0.05, 0.1) is 18.8 Å².